The van der Waals surface area contributed by atoms with Gasteiger partial charge in [0.05, 0.1) is 0 Å². The summed E-state index contributed by atoms with van der Waals surface area (Å²) >= 11 is 6.31. The number of benzene rings is 2. The average Bonchev–Trinajstić information content (AvgIpc) is 3.22. The molecule has 0 radical (unpaired) electrons. The standard InChI is InChI=1S/C20H19ClN2O/c1-22-10-8-14-6-7-15(12-19(14)22)20(24)23-11-9-16(13-23)17-4-2-3-5-18(17)21/h2-8,10,12,16H,9,11,13H2,1H3/t16-/m0/s1. The molecule has 0 N–H and O–H groups in total. The molecule has 0 saturated carbocycles. The molecule has 0 spiro atoms. The van der Waals surface area contributed by atoms with Crippen molar-refractivity contribution >= 4 is 28.4 Å². The van der Waals surface area contributed by atoms with Gasteiger partial charge in [-0.15, -0.1) is 0 Å². The van der Waals surface area contributed by atoms with Gasteiger partial charge < -0.3 is 9.47 Å². The monoisotopic (exact) mass is 338 g/mol. The van der Waals surface area contributed by atoms with Crippen molar-refractivity contribution in [2.24, 2.45) is 7.05 Å². The van der Waals surface area contributed by atoms with Crippen molar-refractivity contribution in [3.05, 3.63) is 70.9 Å². The predicted octanol–water partition coefficient (Wildman–Crippen LogP) is 4.46. The second-order valence-corrected chi connectivity index (χ2v) is 6.87. The number of fused-ring (bicyclic) bond motifs is 1. The summed E-state index contributed by atoms with van der Waals surface area (Å²) in [6.45, 7) is 1.51. The predicted molar refractivity (Wildman–Crippen MR) is 97.6 cm³/mol. The van der Waals surface area contributed by atoms with Crippen LogP contribution in [0.2, 0.25) is 5.02 Å². The van der Waals surface area contributed by atoms with E-state index in [-0.39, 0.29) is 5.91 Å². The maximum absolute atomic E-state index is 12.9. The number of nitrogens with zero attached hydrogens (tertiary/aromatic N) is 2. The highest BCUT2D eigenvalue weighted by atomic mass is 35.5. The molecule has 0 unspecified atom stereocenters. The Balaban J connectivity index is 1.56. The number of hydrogen-bond donors (Lipinski definition) is 0. The third-order valence-electron chi connectivity index (χ3n) is 4.96. The lowest BCUT2D eigenvalue weighted by Gasteiger charge is -2.17. The number of carbonyl (C=O) groups is 1. The Hall–Kier alpha value is -2.26. The zero-order valence-corrected chi connectivity index (χ0v) is 14.3. The minimum atomic E-state index is 0.104. The van der Waals surface area contributed by atoms with E-state index in [9.17, 15) is 4.79 Å². The van der Waals surface area contributed by atoms with Crippen molar-refractivity contribution in [3.8, 4) is 0 Å². The summed E-state index contributed by atoms with van der Waals surface area (Å²) in [6.07, 6.45) is 2.98. The molecule has 1 aliphatic heterocycles. The number of aryl methyl sites for hydroxylation is 1. The highest BCUT2D eigenvalue weighted by Gasteiger charge is 2.29. The van der Waals surface area contributed by atoms with Crippen LogP contribution in [0.1, 0.15) is 28.3 Å². The van der Waals surface area contributed by atoms with E-state index in [2.05, 4.69) is 12.1 Å². The van der Waals surface area contributed by atoms with Gasteiger partial charge in [0.25, 0.3) is 5.91 Å². The lowest BCUT2D eigenvalue weighted by atomic mass is 9.98. The largest absolute Gasteiger partial charge is 0.351 e. The second kappa shape index (κ2) is 5.99. The van der Waals surface area contributed by atoms with Crippen molar-refractivity contribution in [3.63, 3.8) is 0 Å². The molecule has 1 amide bonds. The molecular formula is C20H19ClN2O. The van der Waals surface area contributed by atoms with Gasteiger partial charge in [-0.05, 0) is 41.6 Å². The minimum Gasteiger partial charge on any atom is -0.351 e. The Morgan fingerprint density at radius 3 is 2.83 bits per heavy atom. The van der Waals surface area contributed by atoms with E-state index in [4.69, 9.17) is 11.6 Å². The smallest absolute Gasteiger partial charge is 0.253 e. The summed E-state index contributed by atoms with van der Waals surface area (Å²) in [6, 6.07) is 15.9. The average molecular weight is 339 g/mol. The van der Waals surface area contributed by atoms with Gasteiger partial charge in [-0.1, -0.05) is 35.9 Å². The molecule has 1 aromatic heterocycles. The van der Waals surface area contributed by atoms with E-state index in [1.165, 1.54) is 0 Å². The summed E-state index contributed by atoms with van der Waals surface area (Å²) in [5.41, 5.74) is 2.99. The zero-order valence-electron chi connectivity index (χ0n) is 13.6. The van der Waals surface area contributed by atoms with Gasteiger partial charge in [-0.25, -0.2) is 0 Å². The van der Waals surface area contributed by atoms with Gasteiger partial charge in [0.15, 0.2) is 0 Å². The Kier molecular flexibility index (Phi) is 3.81. The van der Waals surface area contributed by atoms with Crippen LogP contribution in [-0.4, -0.2) is 28.5 Å². The quantitative estimate of drug-likeness (QED) is 0.677. The number of likely N-dealkylation sites (tertiary alicyclic amines) is 1. The molecule has 1 atom stereocenters. The first-order valence-electron chi connectivity index (χ1n) is 8.22. The van der Waals surface area contributed by atoms with Crippen molar-refractivity contribution < 1.29 is 4.79 Å². The van der Waals surface area contributed by atoms with Crippen LogP contribution in [0, 0.1) is 0 Å². The van der Waals surface area contributed by atoms with Gasteiger partial charge in [0.1, 0.15) is 0 Å². The van der Waals surface area contributed by atoms with E-state index in [1.807, 2.05) is 59.1 Å². The van der Waals surface area contributed by atoms with Crippen LogP contribution in [0.4, 0.5) is 0 Å². The number of aromatic nitrogens is 1. The molecule has 3 aromatic rings. The molecule has 3 nitrogen and oxygen atoms in total. The molecule has 2 aromatic carbocycles. The molecule has 2 heterocycles. The number of amides is 1. The summed E-state index contributed by atoms with van der Waals surface area (Å²) in [5, 5.41) is 1.95. The summed E-state index contributed by atoms with van der Waals surface area (Å²) in [5.74, 6) is 0.425. The number of carbonyl (C=O) groups excluding carboxylic acids is 1. The third kappa shape index (κ3) is 2.59. The minimum absolute atomic E-state index is 0.104. The molecule has 122 valence electrons. The molecule has 24 heavy (non-hydrogen) atoms. The number of hydrogen-bond acceptors (Lipinski definition) is 1. The number of rotatable bonds is 2. The fraction of sp³-hybridized carbons (Fsp3) is 0.250. The van der Waals surface area contributed by atoms with Crippen molar-refractivity contribution in [2.45, 2.75) is 12.3 Å². The van der Waals surface area contributed by atoms with E-state index in [0.717, 1.165) is 46.6 Å². The molecule has 0 bridgehead atoms. The zero-order chi connectivity index (χ0) is 16.7. The summed E-state index contributed by atoms with van der Waals surface area (Å²) in [7, 11) is 2.00. The van der Waals surface area contributed by atoms with Crippen LogP contribution in [0.15, 0.2) is 54.7 Å². The third-order valence-corrected chi connectivity index (χ3v) is 5.30. The first-order chi connectivity index (χ1) is 11.6. The van der Waals surface area contributed by atoms with E-state index >= 15 is 0 Å². The number of halogens is 1. The first-order valence-corrected chi connectivity index (χ1v) is 8.60. The lowest BCUT2D eigenvalue weighted by Crippen LogP contribution is -2.28. The molecular weight excluding hydrogens is 320 g/mol. The fourth-order valence-electron chi connectivity index (χ4n) is 3.58. The lowest BCUT2D eigenvalue weighted by molar-refractivity contribution is 0.0791. The van der Waals surface area contributed by atoms with Crippen molar-refractivity contribution in [1.29, 1.82) is 0 Å². The highest BCUT2D eigenvalue weighted by Crippen LogP contribution is 2.32. The van der Waals surface area contributed by atoms with E-state index < -0.39 is 0 Å². The Morgan fingerprint density at radius 2 is 2.00 bits per heavy atom. The molecule has 0 aliphatic carbocycles. The van der Waals surface area contributed by atoms with Crippen LogP contribution in [0.3, 0.4) is 0 Å². The van der Waals surface area contributed by atoms with Crippen LogP contribution in [0.5, 0.6) is 0 Å². The van der Waals surface area contributed by atoms with Crippen molar-refractivity contribution in [1.82, 2.24) is 9.47 Å². The van der Waals surface area contributed by atoms with Crippen molar-refractivity contribution in [2.75, 3.05) is 13.1 Å². The SMILES string of the molecule is Cn1ccc2ccc(C(=O)N3CC[C@H](c4ccccc4Cl)C3)cc21. The highest BCUT2D eigenvalue weighted by molar-refractivity contribution is 6.31. The van der Waals surface area contributed by atoms with E-state index in [1.54, 1.807) is 0 Å². The second-order valence-electron chi connectivity index (χ2n) is 6.46. The van der Waals surface area contributed by atoms with Crippen LogP contribution in [-0.2, 0) is 7.05 Å². The van der Waals surface area contributed by atoms with Gasteiger partial charge >= 0.3 is 0 Å². The van der Waals surface area contributed by atoms with Gasteiger partial charge in [-0.2, -0.15) is 0 Å². The fourth-order valence-corrected chi connectivity index (χ4v) is 3.87. The summed E-state index contributed by atoms with van der Waals surface area (Å²) < 4.78 is 2.04. The molecule has 1 aliphatic rings. The van der Waals surface area contributed by atoms with Gasteiger partial charge in [0, 0.05) is 48.4 Å². The normalized spacial score (nSPS) is 17.6. The van der Waals surface area contributed by atoms with Crippen LogP contribution in [0.25, 0.3) is 10.9 Å². The maximum Gasteiger partial charge on any atom is 0.253 e. The summed E-state index contributed by atoms with van der Waals surface area (Å²) in [4.78, 5) is 14.8. The first kappa shape index (κ1) is 15.3. The Morgan fingerprint density at radius 1 is 1.17 bits per heavy atom. The van der Waals surface area contributed by atoms with Gasteiger partial charge in [-0.3, -0.25) is 4.79 Å². The topological polar surface area (TPSA) is 25.2 Å². The van der Waals surface area contributed by atoms with Crippen LogP contribution >= 0.6 is 11.6 Å². The molecule has 1 saturated heterocycles. The molecule has 4 heteroatoms. The van der Waals surface area contributed by atoms with Gasteiger partial charge in [0.2, 0.25) is 0 Å². The molecule has 4 rings (SSSR count). The molecule has 1 fully saturated rings. The Bertz CT molecular complexity index is 915. The van der Waals surface area contributed by atoms with E-state index in [0.29, 0.717) is 5.92 Å². The van der Waals surface area contributed by atoms with Crippen LogP contribution < -0.4 is 0 Å². The maximum atomic E-state index is 12.9. The Labute approximate surface area is 146 Å².